The summed E-state index contributed by atoms with van der Waals surface area (Å²) < 4.78 is 0.475. The predicted molar refractivity (Wildman–Crippen MR) is 108 cm³/mol. The Kier molecular flexibility index (Phi) is 5.33. The molecular formula is C19H22Cl2N2OS. The van der Waals surface area contributed by atoms with E-state index in [-0.39, 0.29) is 11.3 Å². The number of anilines is 1. The first kappa shape index (κ1) is 18.6. The highest BCUT2D eigenvalue weighted by atomic mass is 35.5. The molecule has 0 unspecified atom stereocenters. The molecule has 1 fully saturated rings. The molecule has 0 radical (unpaired) electrons. The number of benzene rings is 1. The van der Waals surface area contributed by atoms with Crippen molar-refractivity contribution in [3.8, 4) is 0 Å². The minimum Gasteiger partial charge on any atom is -0.368 e. The lowest BCUT2D eigenvalue weighted by Gasteiger charge is -2.36. The number of rotatable bonds is 2. The molecular weight excluding hydrogens is 375 g/mol. The van der Waals surface area contributed by atoms with Crippen molar-refractivity contribution in [3.63, 3.8) is 0 Å². The van der Waals surface area contributed by atoms with Crippen molar-refractivity contribution in [2.45, 2.75) is 26.2 Å². The summed E-state index contributed by atoms with van der Waals surface area (Å²) in [5.74, 6) is 0.0153. The molecule has 1 aromatic heterocycles. The van der Waals surface area contributed by atoms with Crippen LogP contribution in [0.4, 0.5) is 5.69 Å². The summed E-state index contributed by atoms with van der Waals surface area (Å²) in [6.45, 7) is 9.71. The normalized spacial score (nSPS) is 15.6. The summed E-state index contributed by atoms with van der Waals surface area (Å²) in [4.78, 5) is 17.4. The van der Waals surface area contributed by atoms with Gasteiger partial charge in [0.15, 0.2) is 0 Å². The van der Waals surface area contributed by atoms with E-state index in [0.29, 0.717) is 27.3 Å². The van der Waals surface area contributed by atoms with E-state index in [2.05, 4.69) is 49.9 Å². The van der Waals surface area contributed by atoms with Crippen LogP contribution < -0.4 is 4.90 Å². The van der Waals surface area contributed by atoms with Crippen molar-refractivity contribution < 1.29 is 4.79 Å². The topological polar surface area (TPSA) is 23.6 Å². The van der Waals surface area contributed by atoms with Gasteiger partial charge in [-0.15, -0.1) is 11.3 Å². The van der Waals surface area contributed by atoms with Crippen LogP contribution in [0.1, 0.15) is 36.0 Å². The van der Waals surface area contributed by atoms with Crippen molar-refractivity contribution in [2.75, 3.05) is 31.1 Å². The number of hydrogen-bond donors (Lipinski definition) is 0. The first-order chi connectivity index (χ1) is 11.8. The van der Waals surface area contributed by atoms with Gasteiger partial charge in [-0.05, 0) is 29.2 Å². The average molecular weight is 397 g/mol. The minimum atomic E-state index is 0.0153. The van der Waals surface area contributed by atoms with Gasteiger partial charge in [0.25, 0.3) is 5.91 Å². The second kappa shape index (κ2) is 7.18. The Hall–Kier alpha value is -1.23. The zero-order valence-electron chi connectivity index (χ0n) is 14.7. The molecule has 1 amide bonds. The minimum absolute atomic E-state index is 0.0153. The van der Waals surface area contributed by atoms with Crippen LogP contribution in [0, 0.1) is 0 Å². The fourth-order valence-corrected chi connectivity index (χ4v) is 4.28. The van der Waals surface area contributed by atoms with E-state index < -0.39 is 0 Å². The van der Waals surface area contributed by atoms with Crippen molar-refractivity contribution >= 4 is 46.1 Å². The number of nitrogens with zero attached hydrogens (tertiary/aromatic N) is 2. The molecule has 3 rings (SSSR count). The van der Waals surface area contributed by atoms with Crippen molar-refractivity contribution in [1.82, 2.24) is 4.90 Å². The predicted octanol–water partition coefficient (Wildman–Crippen LogP) is 5.31. The molecule has 0 atom stereocenters. The number of carbonyl (C=O) groups excluding carboxylic acids is 1. The molecule has 0 bridgehead atoms. The van der Waals surface area contributed by atoms with Crippen LogP contribution in [0.25, 0.3) is 0 Å². The fraction of sp³-hybridized carbons (Fsp3) is 0.421. The van der Waals surface area contributed by atoms with E-state index in [1.807, 2.05) is 4.90 Å². The number of thiophene rings is 1. The Bertz CT molecular complexity index is 737. The van der Waals surface area contributed by atoms with Crippen molar-refractivity contribution in [3.05, 3.63) is 50.1 Å². The molecule has 2 aromatic rings. The van der Waals surface area contributed by atoms with Gasteiger partial charge in [0, 0.05) is 31.9 Å². The number of amides is 1. The summed E-state index contributed by atoms with van der Waals surface area (Å²) in [6, 6.07) is 10.4. The van der Waals surface area contributed by atoms with Gasteiger partial charge in [-0.25, -0.2) is 0 Å². The highest BCUT2D eigenvalue weighted by molar-refractivity contribution is 7.18. The average Bonchev–Trinajstić information content (AvgIpc) is 2.93. The maximum absolute atomic E-state index is 12.6. The number of halogens is 2. The highest BCUT2D eigenvalue weighted by Crippen LogP contribution is 2.32. The molecule has 6 heteroatoms. The SMILES string of the molecule is CC(C)(C)c1ccc(N2CCN(C(=O)c3cc(Cl)c(Cl)s3)CC2)cc1. The van der Waals surface area contributed by atoms with E-state index in [0.717, 1.165) is 13.1 Å². The van der Waals surface area contributed by atoms with Crippen LogP contribution in [0.15, 0.2) is 30.3 Å². The summed E-state index contributed by atoms with van der Waals surface area (Å²) >= 11 is 13.2. The van der Waals surface area contributed by atoms with E-state index in [4.69, 9.17) is 23.2 Å². The monoisotopic (exact) mass is 396 g/mol. The van der Waals surface area contributed by atoms with Gasteiger partial charge in [-0.3, -0.25) is 4.79 Å². The standard InChI is InChI=1S/C19H22Cl2N2OS/c1-19(2,3)13-4-6-14(7-5-13)22-8-10-23(11-9-22)18(24)16-12-15(20)17(21)25-16/h4-7,12H,8-11H2,1-3H3. The summed E-state index contributed by atoms with van der Waals surface area (Å²) in [5, 5.41) is 0.451. The number of hydrogen-bond acceptors (Lipinski definition) is 3. The molecule has 3 nitrogen and oxygen atoms in total. The molecule has 0 N–H and O–H groups in total. The van der Waals surface area contributed by atoms with Crippen LogP contribution >= 0.6 is 34.5 Å². The Morgan fingerprint density at radius 3 is 2.12 bits per heavy atom. The molecule has 1 aromatic carbocycles. The van der Waals surface area contributed by atoms with Crippen LogP contribution in [-0.4, -0.2) is 37.0 Å². The van der Waals surface area contributed by atoms with E-state index in [1.165, 1.54) is 22.6 Å². The summed E-state index contributed by atoms with van der Waals surface area (Å²) in [6.07, 6.45) is 0. The molecule has 0 aliphatic carbocycles. The third-order valence-corrected chi connectivity index (χ3v) is 6.37. The lowest BCUT2D eigenvalue weighted by molar-refractivity contribution is 0.0751. The van der Waals surface area contributed by atoms with Gasteiger partial charge < -0.3 is 9.80 Å². The highest BCUT2D eigenvalue weighted by Gasteiger charge is 2.24. The van der Waals surface area contributed by atoms with Crippen molar-refractivity contribution in [1.29, 1.82) is 0 Å². The van der Waals surface area contributed by atoms with Gasteiger partial charge in [-0.1, -0.05) is 56.1 Å². The fourth-order valence-electron chi connectivity index (χ4n) is 2.95. The molecule has 1 saturated heterocycles. The third-order valence-electron chi connectivity index (χ3n) is 4.52. The summed E-state index contributed by atoms with van der Waals surface area (Å²) in [5.41, 5.74) is 2.70. The second-order valence-electron chi connectivity index (χ2n) is 7.31. The third kappa shape index (κ3) is 4.13. The quantitative estimate of drug-likeness (QED) is 0.685. The molecule has 2 heterocycles. The van der Waals surface area contributed by atoms with E-state index in [9.17, 15) is 4.79 Å². The van der Waals surface area contributed by atoms with E-state index in [1.54, 1.807) is 6.07 Å². The van der Waals surface area contributed by atoms with Gasteiger partial charge in [0.05, 0.1) is 9.90 Å². The molecule has 1 aliphatic rings. The Labute approximate surface area is 163 Å². The lowest BCUT2D eigenvalue weighted by atomic mass is 9.87. The zero-order chi connectivity index (χ0) is 18.2. The van der Waals surface area contributed by atoms with Gasteiger partial charge in [-0.2, -0.15) is 0 Å². The van der Waals surface area contributed by atoms with E-state index >= 15 is 0 Å². The number of carbonyl (C=O) groups is 1. The zero-order valence-corrected chi connectivity index (χ0v) is 17.0. The maximum atomic E-state index is 12.6. The summed E-state index contributed by atoms with van der Waals surface area (Å²) in [7, 11) is 0. The van der Waals surface area contributed by atoms with Crippen LogP contribution in [0.2, 0.25) is 9.36 Å². The molecule has 1 aliphatic heterocycles. The largest absolute Gasteiger partial charge is 0.368 e. The molecule has 0 saturated carbocycles. The molecule has 25 heavy (non-hydrogen) atoms. The first-order valence-corrected chi connectivity index (χ1v) is 9.92. The first-order valence-electron chi connectivity index (χ1n) is 8.35. The Balaban J connectivity index is 1.62. The maximum Gasteiger partial charge on any atom is 0.264 e. The molecule has 0 spiro atoms. The van der Waals surface area contributed by atoms with Crippen LogP contribution in [0.3, 0.4) is 0 Å². The van der Waals surface area contributed by atoms with Gasteiger partial charge >= 0.3 is 0 Å². The Morgan fingerprint density at radius 2 is 1.64 bits per heavy atom. The van der Waals surface area contributed by atoms with Crippen LogP contribution in [0.5, 0.6) is 0 Å². The Morgan fingerprint density at radius 1 is 1.04 bits per heavy atom. The van der Waals surface area contributed by atoms with Crippen molar-refractivity contribution in [2.24, 2.45) is 0 Å². The van der Waals surface area contributed by atoms with Gasteiger partial charge in [0.2, 0.25) is 0 Å². The number of piperazine rings is 1. The second-order valence-corrected chi connectivity index (χ2v) is 9.37. The smallest absolute Gasteiger partial charge is 0.264 e. The van der Waals surface area contributed by atoms with Gasteiger partial charge in [0.1, 0.15) is 4.34 Å². The lowest BCUT2D eigenvalue weighted by Crippen LogP contribution is -2.48. The van der Waals surface area contributed by atoms with Crippen LogP contribution in [-0.2, 0) is 5.41 Å². The molecule has 134 valence electrons.